The van der Waals surface area contributed by atoms with Gasteiger partial charge in [-0.1, -0.05) is 17.7 Å². The van der Waals surface area contributed by atoms with Gasteiger partial charge in [-0.2, -0.15) is 4.31 Å². The second-order valence-corrected chi connectivity index (χ2v) is 7.88. The van der Waals surface area contributed by atoms with Crippen LogP contribution in [0.25, 0.3) is 0 Å². The number of rotatable bonds is 4. The van der Waals surface area contributed by atoms with Gasteiger partial charge in [-0.05, 0) is 25.0 Å². The monoisotopic (exact) mass is 388 g/mol. The molecule has 1 aromatic carbocycles. The molecule has 1 aliphatic rings. The second-order valence-electron chi connectivity index (χ2n) is 5.60. The summed E-state index contributed by atoms with van der Waals surface area (Å²) < 4.78 is 59.9. The summed E-state index contributed by atoms with van der Waals surface area (Å²) in [5.41, 5.74) is 0. The van der Waals surface area contributed by atoms with E-state index in [4.69, 9.17) is 16.3 Å². The summed E-state index contributed by atoms with van der Waals surface area (Å²) in [4.78, 5) is 2.92. The summed E-state index contributed by atoms with van der Waals surface area (Å²) in [6.45, 7) is 0.148. The first-order valence-electron chi connectivity index (χ1n) is 7.60. The molecule has 0 radical (unpaired) electrons. The Kier molecular flexibility index (Phi) is 5.21. The van der Waals surface area contributed by atoms with Crippen LogP contribution in [0.4, 0.5) is 8.78 Å². The van der Waals surface area contributed by atoms with E-state index in [1.807, 2.05) is 0 Å². The third kappa shape index (κ3) is 3.75. The third-order valence-corrected chi connectivity index (χ3v) is 6.09. The van der Waals surface area contributed by atoms with Crippen molar-refractivity contribution >= 4 is 21.6 Å². The Morgan fingerprint density at radius 2 is 1.96 bits per heavy atom. The van der Waals surface area contributed by atoms with Crippen LogP contribution in [0.15, 0.2) is 41.6 Å². The van der Waals surface area contributed by atoms with Crippen molar-refractivity contribution in [3.05, 3.63) is 53.3 Å². The predicted octanol–water partition coefficient (Wildman–Crippen LogP) is 3.25. The van der Waals surface area contributed by atoms with Gasteiger partial charge in [0.25, 0.3) is 0 Å². The highest BCUT2D eigenvalue weighted by molar-refractivity contribution is 7.89. The topological polar surface area (TPSA) is 59.5 Å². The lowest BCUT2D eigenvalue weighted by Crippen LogP contribution is -2.44. The van der Waals surface area contributed by atoms with Crippen LogP contribution in [-0.2, 0) is 10.0 Å². The lowest BCUT2D eigenvalue weighted by Gasteiger charge is -2.32. The van der Waals surface area contributed by atoms with Crippen molar-refractivity contribution in [3.8, 4) is 5.75 Å². The van der Waals surface area contributed by atoms with Crippen LogP contribution in [-0.4, -0.2) is 36.9 Å². The molecule has 0 aliphatic carbocycles. The van der Waals surface area contributed by atoms with Crippen molar-refractivity contribution in [1.82, 2.24) is 9.29 Å². The molecule has 0 saturated carbocycles. The summed E-state index contributed by atoms with van der Waals surface area (Å²) in [7, 11) is -4.30. The molecule has 1 fully saturated rings. The van der Waals surface area contributed by atoms with E-state index in [9.17, 15) is 17.2 Å². The zero-order valence-electron chi connectivity index (χ0n) is 13.0. The fraction of sp³-hybridized carbons (Fsp3) is 0.312. The van der Waals surface area contributed by atoms with E-state index >= 15 is 0 Å². The van der Waals surface area contributed by atoms with Crippen LogP contribution in [0, 0.1) is 11.6 Å². The molecule has 25 heavy (non-hydrogen) atoms. The van der Waals surface area contributed by atoms with Crippen LogP contribution in [0.1, 0.15) is 12.8 Å². The summed E-state index contributed by atoms with van der Waals surface area (Å²) >= 11 is 5.99. The molecule has 1 atom stereocenters. The smallest absolute Gasteiger partial charge is 0.249 e. The van der Waals surface area contributed by atoms with Crippen LogP contribution >= 0.6 is 11.6 Å². The lowest BCUT2D eigenvalue weighted by atomic mass is 10.1. The van der Waals surface area contributed by atoms with Crippen molar-refractivity contribution in [1.29, 1.82) is 0 Å². The molecule has 0 spiro atoms. The van der Waals surface area contributed by atoms with Gasteiger partial charge in [0.15, 0.2) is 4.90 Å². The number of hydrogen-bond donors (Lipinski definition) is 0. The molecule has 9 heteroatoms. The van der Waals surface area contributed by atoms with E-state index in [2.05, 4.69) is 4.98 Å². The van der Waals surface area contributed by atoms with Gasteiger partial charge >= 0.3 is 0 Å². The highest BCUT2D eigenvalue weighted by Gasteiger charge is 2.35. The summed E-state index contributed by atoms with van der Waals surface area (Å²) in [5, 5.41) is 0.308. The van der Waals surface area contributed by atoms with Gasteiger partial charge in [0.05, 0.1) is 6.54 Å². The number of benzene rings is 1. The number of pyridine rings is 1. The number of sulfonamides is 1. The standard InChI is InChI=1S/C16H15ClF2N2O3S/c17-12-9-20-7-6-15(12)24-11-3-2-8-21(10-11)25(22,23)16-13(18)4-1-5-14(16)19/h1,4-7,9,11H,2-3,8,10H2/t11-/m0/s1. The van der Waals surface area contributed by atoms with E-state index in [0.717, 1.165) is 22.5 Å². The van der Waals surface area contributed by atoms with Crippen molar-refractivity contribution in [3.63, 3.8) is 0 Å². The molecule has 0 amide bonds. The van der Waals surface area contributed by atoms with Gasteiger partial charge < -0.3 is 4.74 Å². The largest absolute Gasteiger partial charge is 0.487 e. The van der Waals surface area contributed by atoms with Crippen molar-refractivity contribution in [2.24, 2.45) is 0 Å². The maximum Gasteiger partial charge on any atom is 0.249 e. The predicted molar refractivity (Wildman–Crippen MR) is 88.0 cm³/mol. The van der Waals surface area contributed by atoms with E-state index in [-0.39, 0.29) is 13.1 Å². The van der Waals surface area contributed by atoms with E-state index in [1.54, 1.807) is 6.07 Å². The number of halogens is 3. The Balaban J connectivity index is 1.82. The van der Waals surface area contributed by atoms with E-state index in [1.165, 1.54) is 12.4 Å². The maximum atomic E-state index is 13.9. The van der Waals surface area contributed by atoms with Gasteiger partial charge in [0.2, 0.25) is 10.0 Å². The molecule has 2 heterocycles. The van der Waals surface area contributed by atoms with Crippen molar-refractivity contribution in [2.75, 3.05) is 13.1 Å². The lowest BCUT2D eigenvalue weighted by molar-refractivity contribution is 0.129. The number of hydrogen-bond acceptors (Lipinski definition) is 4. The average molecular weight is 389 g/mol. The SMILES string of the molecule is O=S(=O)(c1c(F)cccc1F)N1CCC[C@H](Oc2ccncc2Cl)C1. The molecule has 1 aromatic heterocycles. The van der Waals surface area contributed by atoms with Crippen molar-refractivity contribution < 1.29 is 21.9 Å². The fourth-order valence-corrected chi connectivity index (χ4v) is 4.50. The van der Waals surface area contributed by atoms with Gasteiger partial charge in [0.1, 0.15) is 28.5 Å². The van der Waals surface area contributed by atoms with Gasteiger partial charge in [-0.15, -0.1) is 0 Å². The average Bonchev–Trinajstić information content (AvgIpc) is 2.57. The molecule has 1 saturated heterocycles. The Bertz CT molecular complexity index is 859. The van der Waals surface area contributed by atoms with E-state index in [0.29, 0.717) is 23.6 Å². The van der Waals surface area contributed by atoms with Crippen LogP contribution in [0.5, 0.6) is 5.75 Å². The van der Waals surface area contributed by atoms with E-state index < -0.39 is 32.7 Å². The minimum absolute atomic E-state index is 0.0191. The Morgan fingerprint density at radius 1 is 1.24 bits per heavy atom. The normalized spacial score (nSPS) is 18.9. The first kappa shape index (κ1) is 18.0. The van der Waals surface area contributed by atoms with Crippen LogP contribution in [0.2, 0.25) is 5.02 Å². The first-order valence-corrected chi connectivity index (χ1v) is 9.41. The Morgan fingerprint density at radius 3 is 2.64 bits per heavy atom. The number of piperidine rings is 1. The minimum atomic E-state index is -4.30. The number of aromatic nitrogens is 1. The molecule has 1 aliphatic heterocycles. The molecule has 2 aromatic rings. The number of ether oxygens (including phenoxy) is 1. The van der Waals surface area contributed by atoms with Crippen molar-refractivity contribution in [2.45, 2.75) is 23.8 Å². The zero-order valence-corrected chi connectivity index (χ0v) is 14.6. The highest BCUT2D eigenvalue weighted by atomic mass is 35.5. The minimum Gasteiger partial charge on any atom is -0.487 e. The highest BCUT2D eigenvalue weighted by Crippen LogP contribution is 2.29. The molecule has 3 rings (SSSR count). The molecule has 5 nitrogen and oxygen atoms in total. The summed E-state index contributed by atoms with van der Waals surface area (Å²) in [6.07, 6.45) is 3.56. The quantitative estimate of drug-likeness (QED) is 0.806. The first-order chi connectivity index (χ1) is 11.9. The second kappa shape index (κ2) is 7.23. The zero-order chi connectivity index (χ0) is 18.0. The molecule has 134 valence electrons. The molecule has 0 N–H and O–H groups in total. The summed E-state index contributed by atoms with van der Waals surface area (Å²) in [6, 6.07) is 4.54. The number of nitrogens with zero attached hydrogens (tertiary/aromatic N) is 2. The molecule has 0 unspecified atom stereocenters. The van der Waals surface area contributed by atoms with Gasteiger partial charge in [-0.25, -0.2) is 17.2 Å². The maximum absolute atomic E-state index is 13.9. The van der Waals surface area contributed by atoms with Crippen LogP contribution < -0.4 is 4.74 Å². The molecular formula is C16H15ClF2N2O3S. The van der Waals surface area contributed by atoms with Gasteiger partial charge in [0, 0.05) is 25.0 Å². The third-order valence-electron chi connectivity index (χ3n) is 3.89. The van der Waals surface area contributed by atoms with Crippen LogP contribution in [0.3, 0.4) is 0 Å². The van der Waals surface area contributed by atoms with Gasteiger partial charge in [-0.3, -0.25) is 4.98 Å². The summed E-state index contributed by atoms with van der Waals surface area (Å²) in [5.74, 6) is -1.83. The molecular weight excluding hydrogens is 374 g/mol. The Labute approximate surface area is 149 Å². The molecule has 0 bridgehead atoms. The Hall–Kier alpha value is -1.77. The fourth-order valence-electron chi connectivity index (χ4n) is 2.72.